The minimum atomic E-state index is -4.03. The van der Waals surface area contributed by atoms with E-state index in [9.17, 15) is 13.2 Å². The normalized spacial score (nSPS) is 27.7. The fourth-order valence-corrected chi connectivity index (χ4v) is 4.02. The number of rotatable bonds is 5. The molecule has 124 valence electrons. The number of hydrogen-bond donors (Lipinski definition) is 1. The molecule has 0 aromatic carbocycles. The van der Waals surface area contributed by atoms with Crippen LogP contribution in [0.1, 0.15) is 51.9 Å². The summed E-state index contributed by atoms with van der Waals surface area (Å²) in [6.45, 7) is 5.87. The molecule has 1 N–H and O–H groups in total. The highest BCUT2D eigenvalue weighted by Crippen LogP contribution is 2.39. The van der Waals surface area contributed by atoms with Gasteiger partial charge in [0.05, 0.1) is 5.92 Å². The van der Waals surface area contributed by atoms with Gasteiger partial charge in [-0.2, -0.15) is 13.2 Å². The monoisotopic (exact) mass is 306 g/mol. The van der Waals surface area contributed by atoms with Gasteiger partial charge < -0.3 is 10.2 Å². The molecule has 1 saturated heterocycles. The van der Waals surface area contributed by atoms with E-state index in [1.54, 1.807) is 0 Å². The van der Waals surface area contributed by atoms with Gasteiger partial charge in [-0.3, -0.25) is 0 Å². The third-order valence-electron chi connectivity index (χ3n) is 5.19. The molecule has 0 aromatic rings. The van der Waals surface area contributed by atoms with E-state index in [1.165, 1.54) is 19.3 Å². The van der Waals surface area contributed by atoms with Crippen molar-refractivity contribution < 1.29 is 13.2 Å². The van der Waals surface area contributed by atoms with Crippen LogP contribution in [-0.2, 0) is 0 Å². The van der Waals surface area contributed by atoms with E-state index < -0.39 is 12.1 Å². The Morgan fingerprint density at radius 3 is 2.48 bits per heavy atom. The summed E-state index contributed by atoms with van der Waals surface area (Å²) in [7, 11) is 0. The lowest BCUT2D eigenvalue weighted by molar-refractivity contribution is -0.188. The van der Waals surface area contributed by atoms with Crippen LogP contribution in [-0.4, -0.2) is 43.8 Å². The maximum atomic E-state index is 13.0. The van der Waals surface area contributed by atoms with Gasteiger partial charge in [0.25, 0.3) is 0 Å². The van der Waals surface area contributed by atoms with Crippen molar-refractivity contribution in [3.05, 3.63) is 0 Å². The predicted octanol–water partition coefficient (Wildman–Crippen LogP) is 3.82. The zero-order valence-corrected chi connectivity index (χ0v) is 13.1. The number of likely N-dealkylation sites (tertiary alicyclic amines) is 1. The molecule has 0 spiro atoms. The van der Waals surface area contributed by atoms with Gasteiger partial charge in [-0.15, -0.1) is 0 Å². The van der Waals surface area contributed by atoms with Crippen LogP contribution in [0.3, 0.4) is 0 Å². The summed E-state index contributed by atoms with van der Waals surface area (Å²) >= 11 is 0. The molecule has 1 unspecified atom stereocenters. The third kappa shape index (κ3) is 4.85. The Labute approximate surface area is 126 Å². The number of nitrogens with one attached hydrogen (secondary N) is 1. The molecule has 0 aromatic heterocycles. The van der Waals surface area contributed by atoms with E-state index in [1.807, 2.05) is 0 Å². The Morgan fingerprint density at radius 2 is 1.86 bits per heavy atom. The number of halogens is 3. The van der Waals surface area contributed by atoms with Crippen molar-refractivity contribution in [2.45, 2.75) is 58.0 Å². The lowest BCUT2D eigenvalue weighted by Gasteiger charge is -2.44. The van der Waals surface area contributed by atoms with Gasteiger partial charge in [0.2, 0.25) is 0 Å². The van der Waals surface area contributed by atoms with Crippen LogP contribution >= 0.6 is 0 Å². The zero-order chi connectivity index (χ0) is 15.3. The Kier molecular flexibility index (Phi) is 5.95. The Balaban J connectivity index is 1.95. The third-order valence-corrected chi connectivity index (χ3v) is 5.19. The van der Waals surface area contributed by atoms with Gasteiger partial charge >= 0.3 is 6.18 Å². The van der Waals surface area contributed by atoms with E-state index in [4.69, 9.17) is 0 Å². The number of alkyl halides is 3. The van der Waals surface area contributed by atoms with E-state index in [-0.39, 0.29) is 12.0 Å². The molecule has 1 saturated carbocycles. The Hall–Kier alpha value is -0.290. The van der Waals surface area contributed by atoms with Crippen LogP contribution in [0.2, 0.25) is 0 Å². The highest BCUT2D eigenvalue weighted by Gasteiger charge is 2.43. The van der Waals surface area contributed by atoms with Crippen molar-refractivity contribution in [2.24, 2.45) is 11.3 Å². The molecule has 2 nitrogen and oxygen atoms in total. The summed E-state index contributed by atoms with van der Waals surface area (Å²) in [4.78, 5) is 2.09. The standard InChI is InChI=1S/C16H29F3N2/c1-2-20-12-15(8-4-3-5-9-15)13-21-10-6-7-14(11-21)16(17,18)19/h14,20H,2-13H2,1H3. The Bertz CT molecular complexity index is 311. The van der Waals surface area contributed by atoms with Crippen molar-refractivity contribution in [1.82, 2.24) is 10.2 Å². The summed E-state index contributed by atoms with van der Waals surface area (Å²) in [5.41, 5.74) is 0.196. The molecule has 1 atom stereocenters. The molecule has 1 heterocycles. The highest BCUT2D eigenvalue weighted by molar-refractivity contribution is 4.90. The quantitative estimate of drug-likeness (QED) is 0.830. The van der Waals surface area contributed by atoms with Gasteiger partial charge in [-0.1, -0.05) is 26.2 Å². The van der Waals surface area contributed by atoms with E-state index in [0.717, 1.165) is 39.0 Å². The van der Waals surface area contributed by atoms with Gasteiger partial charge in [-0.25, -0.2) is 0 Å². The maximum absolute atomic E-state index is 13.0. The largest absolute Gasteiger partial charge is 0.393 e. The minimum Gasteiger partial charge on any atom is -0.316 e. The second kappa shape index (κ2) is 7.32. The molecule has 2 rings (SSSR count). The van der Waals surface area contributed by atoms with Crippen LogP contribution in [0.25, 0.3) is 0 Å². The van der Waals surface area contributed by atoms with Crippen molar-refractivity contribution in [3.8, 4) is 0 Å². The SMILES string of the molecule is CCNCC1(CN2CCCC(C(F)(F)F)C2)CCCCC1. The van der Waals surface area contributed by atoms with Gasteiger partial charge in [0, 0.05) is 19.6 Å². The average Bonchev–Trinajstić information content (AvgIpc) is 2.46. The summed E-state index contributed by atoms with van der Waals surface area (Å²) in [5, 5.41) is 3.44. The summed E-state index contributed by atoms with van der Waals surface area (Å²) in [6, 6.07) is 0. The second-order valence-corrected chi connectivity index (χ2v) is 6.96. The van der Waals surface area contributed by atoms with E-state index in [2.05, 4.69) is 17.1 Å². The fourth-order valence-electron chi connectivity index (χ4n) is 4.02. The molecule has 0 radical (unpaired) electrons. The smallest absolute Gasteiger partial charge is 0.316 e. The van der Waals surface area contributed by atoms with Crippen molar-refractivity contribution in [1.29, 1.82) is 0 Å². The average molecular weight is 306 g/mol. The van der Waals surface area contributed by atoms with Crippen molar-refractivity contribution in [3.63, 3.8) is 0 Å². The molecule has 0 bridgehead atoms. The van der Waals surface area contributed by atoms with Crippen LogP contribution in [0.4, 0.5) is 13.2 Å². The zero-order valence-electron chi connectivity index (χ0n) is 13.1. The van der Waals surface area contributed by atoms with Crippen LogP contribution < -0.4 is 5.32 Å². The van der Waals surface area contributed by atoms with Gasteiger partial charge in [-0.05, 0) is 44.2 Å². The lowest BCUT2D eigenvalue weighted by atomic mass is 9.73. The van der Waals surface area contributed by atoms with Gasteiger partial charge in [0.1, 0.15) is 0 Å². The fraction of sp³-hybridized carbons (Fsp3) is 1.00. The summed E-state index contributed by atoms with van der Waals surface area (Å²) in [6.07, 6.45) is 3.00. The maximum Gasteiger partial charge on any atom is 0.393 e. The molecule has 1 aliphatic carbocycles. The first-order valence-electron chi connectivity index (χ1n) is 8.45. The molecule has 5 heteroatoms. The number of nitrogens with zero attached hydrogens (tertiary/aromatic N) is 1. The first kappa shape index (κ1) is 17.1. The predicted molar refractivity (Wildman–Crippen MR) is 79.3 cm³/mol. The van der Waals surface area contributed by atoms with Gasteiger partial charge in [0.15, 0.2) is 0 Å². The molecule has 2 aliphatic rings. The van der Waals surface area contributed by atoms with Crippen molar-refractivity contribution >= 4 is 0 Å². The van der Waals surface area contributed by atoms with Crippen LogP contribution in [0.5, 0.6) is 0 Å². The lowest BCUT2D eigenvalue weighted by Crippen LogP contribution is -2.50. The minimum absolute atomic E-state index is 0.196. The second-order valence-electron chi connectivity index (χ2n) is 6.96. The number of piperidine rings is 1. The topological polar surface area (TPSA) is 15.3 Å². The number of hydrogen-bond acceptors (Lipinski definition) is 2. The van der Waals surface area contributed by atoms with E-state index in [0.29, 0.717) is 12.8 Å². The summed E-state index contributed by atoms with van der Waals surface area (Å²) in [5.74, 6) is -1.12. The van der Waals surface area contributed by atoms with Crippen LogP contribution in [0, 0.1) is 11.3 Å². The molecule has 1 aliphatic heterocycles. The summed E-state index contributed by atoms with van der Waals surface area (Å²) < 4.78 is 38.9. The van der Waals surface area contributed by atoms with Crippen LogP contribution in [0.15, 0.2) is 0 Å². The first-order chi connectivity index (χ1) is 9.95. The van der Waals surface area contributed by atoms with Crippen molar-refractivity contribution in [2.75, 3.05) is 32.7 Å². The molecule has 21 heavy (non-hydrogen) atoms. The molecule has 2 fully saturated rings. The molecular weight excluding hydrogens is 277 g/mol. The van der Waals surface area contributed by atoms with E-state index >= 15 is 0 Å². The molecular formula is C16H29F3N2. The first-order valence-corrected chi connectivity index (χ1v) is 8.45. The molecule has 0 amide bonds. The highest BCUT2D eigenvalue weighted by atomic mass is 19.4. The Morgan fingerprint density at radius 1 is 1.14 bits per heavy atom.